The topological polar surface area (TPSA) is 110 Å². The van der Waals surface area contributed by atoms with Crippen molar-refractivity contribution < 1.29 is 18.7 Å². The van der Waals surface area contributed by atoms with Crippen molar-refractivity contribution in [1.82, 2.24) is 10.3 Å². The highest BCUT2D eigenvalue weighted by molar-refractivity contribution is 6.32. The van der Waals surface area contributed by atoms with Gasteiger partial charge < -0.3 is 20.5 Å². The summed E-state index contributed by atoms with van der Waals surface area (Å²) in [5.74, 6) is 0.189. The Kier molecular flexibility index (Phi) is 8.48. The molecule has 9 heteroatoms. The van der Waals surface area contributed by atoms with E-state index in [1.54, 1.807) is 43.5 Å². The van der Waals surface area contributed by atoms with Gasteiger partial charge in [-0.15, -0.1) is 0 Å². The first-order valence-corrected chi connectivity index (χ1v) is 13.6. The Bertz CT molecular complexity index is 1640. The Morgan fingerprint density at radius 1 is 1.17 bits per heavy atom. The summed E-state index contributed by atoms with van der Waals surface area (Å²) in [5.41, 5.74) is 10.7. The molecule has 0 unspecified atom stereocenters. The average Bonchev–Trinajstić information content (AvgIpc) is 3.39. The van der Waals surface area contributed by atoms with E-state index in [0.717, 1.165) is 28.7 Å². The van der Waals surface area contributed by atoms with Crippen LogP contribution in [0.25, 0.3) is 11.1 Å². The van der Waals surface area contributed by atoms with Gasteiger partial charge in [0.2, 0.25) is 5.91 Å². The van der Waals surface area contributed by atoms with Gasteiger partial charge in [0, 0.05) is 41.7 Å². The minimum Gasteiger partial charge on any atom is -0.488 e. The van der Waals surface area contributed by atoms with Crippen molar-refractivity contribution in [3.05, 3.63) is 112 Å². The van der Waals surface area contributed by atoms with Gasteiger partial charge in [-0.05, 0) is 54.7 Å². The number of primary amides is 1. The van der Waals surface area contributed by atoms with Gasteiger partial charge in [0.25, 0.3) is 0 Å². The molecule has 1 aromatic heterocycles. The Labute approximate surface area is 242 Å². The summed E-state index contributed by atoms with van der Waals surface area (Å²) >= 11 is 6.69. The number of carbonyl (C=O) groups is 1. The molecule has 7 nitrogen and oxygen atoms in total. The van der Waals surface area contributed by atoms with Gasteiger partial charge in [-0.2, -0.15) is 5.26 Å². The van der Waals surface area contributed by atoms with Crippen molar-refractivity contribution >= 4 is 17.5 Å². The molecule has 4 aromatic rings. The Balaban J connectivity index is 1.43. The Morgan fingerprint density at radius 3 is 2.76 bits per heavy atom. The van der Waals surface area contributed by atoms with E-state index in [9.17, 15) is 14.4 Å². The SMILES string of the molecule is C[C@H](NCc1cc(Cl)c(O[C@H]2CCc3c(-c4ccccc4F)cccc32)cc1OCc1cncc(C#N)c1)C(N)=O. The molecule has 208 valence electrons. The molecule has 1 aliphatic rings. The molecule has 0 spiro atoms. The second-order valence-corrected chi connectivity index (χ2v) is 10.3. The second kappa shape index (κ2) is 12.4. The van der Waals surface area contributed by atoms with Crippen LogP contribution in [0.15, 0.2) is 73.1 Å². The molecule has 41 heavy (non-hydrogen) atoms. The highest BCUT2D eigenvalue weighted by Crippen LogP contribution is 2.43. The van der Waals surface area contributed by atoms with Crippen molar-refractivity contribution in [2.45, 2.75) is 45.1 Å². The lowest BCUT2D eigenvalue weighted by atomic mass is 9.96. The van der Waals surface area contributed by atoms with Crippen LogP contribution in [-0.4, -0.2) is 16.9 Å². The van der Waals surface area contributed by atoms with Crippen LogP contribution < -0.4 is 20.5 Å². The van der Waals surface area contributed by atoms with Gasteiger partial charge in [0.1, 0.15) is 36.1 Å². The smallest absolute Gasteiger partial charge is 0.234 e. The molecular weight excluding hydrogens is 543 g/mol. The number of fused-ring (bicyclic) bond motifs is 1. The zero-order valence-electron chi connectivity index (χ0n) is 22.4. The van der Waals surface area contributed by atoms with Crippen LogP contribution in [0.5, 0.6) is 11.5 Å². The fourth-order valence-electron chi connectivity index (χ4n) is 4.92. The minimum absolute atomic E-state index is 0.153. The summed E-state index contributed by atoms with van der Waals surface area (Å²) in [7, 11) is 0. The average molecular weight is 571 g/mol. The van der Waals surface area contributed by atoms with Gasteiger partial charge >= 0.3 is 0 Å². The monoisotopic (exact) mass is 570 g/mol. The minimum atomic E-state index is -0.562. The van der Waals surface area contributed by atoms with Gasteiger partial charge in [-0.3, -0.25) is 9.78 Å². The number of nitriles is 1. The maximum absolute atomic E-state index is 14.6. The van der Waals surface area contributed by atoms with Crippen molar-refractivity contribution in [3.8, 4) is 28.7 Å². The second-order valence-electron chi connectivity index (χ2n) is 9.88. The number of halogens is 2. The van der Waals surface area contributed by atoms with Gasteiger partial charge in [-0.25, -0.2) is 4.39 Å². The molecule has 0 radical (unpaired) electrons. The third-order valence-corrected chi connectivity index (χ3v) is 7.40. The molecule has 5 rings (SSSR count). The number of rotatable bonds is 10. The molecule has 0 saturated carbocycles. The summed E-state index contributed by atoms with van der Waals surface area (Å²) in [4.78, 5) is 15.6. The lowest BCUT2D eigenvalue weighted by Crippen LogP contribution is -2.38. The van der Waals surface area contributed by atoms with Crippen LogP contribution >= 0.6 is 11.6 Å². The molecule has 3 aromatic carbocycles. The van der Waals surface area contributed by atoms with Crippen molar-refractivity contribution in [1.29, 1.82) is 5.26 Å². The van der Waals surface area contributed by atoms with E-state index in [4.69, 9.17) is 26.8 Å². The number of nitrogens with two attached hydrogens (primary N) is 1. The zero-order valence-corrected chi connectivity index (χ0v) is 23.1. The number of nitrogens with one attached hydrogen (secondary N) is 1. The van der Waals surface area contributed by atoms with E-state index in [1.807, 2.05) is 24.3 Å². The first kappa shape index (κ1) is 28.1. The van der Waals surface area contributed by atoms with E-state index in [0.29, 0.717) is 39.6 Å². The highest BCUT2D eigenvalue weighted by atomic mass is 35.5. The maximum Gasteiger partial charge on any atom is 0.234 e. The number of aromatic nitrogens is 1. The third kappa shape index (κ3) is 6.32. The van der Waals surface area contributed by atoms with Crippen LogP contribution in [0.4, 0.5) is 4.39 Å². The first-order chi connectivity index (χ1) is 19.8. The summed E-state index contributed by atoms with van der Waals surface area (Å²) in [6.45, 7) is 2.10. The zero-order chi connectivity index (χ0) is 28.9. The first-order valence-electron chi connectivity index (χ1n) is 13.2. The van der Waals surface area contributed by atoms with E-state index < -0.39 is 11.9 Å². The number of carbonyl (C=O) groups excluding carboxylic acids is 1. The molecule has 1 aliphatic carbocycles. The van der Waals surface area contributed by atoms with Crippen molar-refractivity contribution in [2.24, 2.45) is 5.73 Å². The van der Waals surface area contributed by atoms with Crippen molar-refractivity contribution in [3.63, 3.8) is 0 Å². The fourth-order valence-corrected chi connectivity index (χ4v) is 5.15. The molecule has 1 heterocycles. The number of ether oxygens (including phenoxy) is 2. The van der Waals surface area contributed by atoms with E-state index in [-0.39, 0.29) is 25.1 Å². The molecule has 0 bridgehead atoms. The molecular formula is C32H28ClFN4O3. The molecule has 0 saturated heterocycles. The Hall–Kier alpha value is -4.45. The number of hydrogen-bond acceptors (Lipinski definition) is 6. The Morgan fingerprint density at radius 2 is 1.98 bits per heavy atom. The third-order valence-electron chi connectivity index (χ3n) is 7.11. The van der Waals surface area contributed by atoms with E-state index >= 15 is 0 Å². The quantitative estimate of drug-likeness (QED) is 0.241. The van der Waals surface area contributed by atoms with Crippen LogP contribution in [0, 0.1) is 17.1 Å². The highest BCUT2D eigenvalue weighted by Gasteiger charge is 2.28. The summed E-state index contributed by atoms with van der Waals surface area (Å²) in [6, 6.07) is 19.3. The van der Waals surface area contributed by atoms with Crippen LogP contribution in [0.3, 0.4) is 0 Å². The van der Waals surface area contributed by atoms with Crippen LogP contribution in [0.2, 0.25) is 5.02 Å². The van der Waals surface area contributed by atoms with Gasteiger partial charge in [-0.1, -0.05) is 48.0 Å². The van der Waals surface area contributed by atoms with Crippen LogP contribution in [0.1, 0.15) is 47.3 Å². The molecule has 0 fully saturated rings. The van der Waals surface area contributed by atoms with E-state index in [2.05, 4.69) is 16.4 Å². The molecule has 1 amide bonds. The predicted octanol–water partition coefficient (Wildman–Crippen LogP) is 6.02. The number of pyridine rings is 1. The number of benzene rings is 3. The summed E-state index contributed by atoms with van der Waals surface area (Å²) < 4.78 is 27.2. The van der Waals surface area contributed by atoms with Gasteiger partial charge in [0.15, 0.2) is 0 Å². The summed E-state index contributed by atoms with van der Waals surface area (Å²) in [6.07, 6.45) is 4.27. The fraction of sp³-hybridized carbons (Fsp3) is 0.219. The number of amides is 1. The lowest BCUT2D eigenvalue weighted by molar-refractivity contribution is -0.119. The number of nitrogens with zero attached hydrogens (tertiary/aromatic N) is 2. The standard InChI is InChI=1S/C32H28ClFN4O3/c1-19(32(36)39)38-17-22-12-27(33)31(13-30(22)40-18-21-11-20(14-35)15-37-16-21)41-29-10-9-24-23(6-4-7-26(24)29)25-5-2-3-8-28(25)34/h2-8,11-13,15-16,19,29,38H,9-10,17-18H2,1H3,(H2,36,39)/t19-,29-/m0/s1. The predicted molar refractivity (Wildman–Crippen MR) is 154 cm³/mol. The van der Waals surface area contributed by atoms with Gasteiger partial charge in [0.05, 0.1) is 16.6 Å². The lowest BCUT2D eigenvalue weighted by Gasteiger charge is -2.20. The maximum atomic E-state index is 14.6. The number of hydrogen-bond donors (Lipinski definition) is 2. The molecule has 2 atom stereocenters. The largest absolute Gasteiger partial charge is 0.488 e. The molecule has 0 aliphatic heterocycles. The van der Waals surface area contributed by atoms with E-state index in [1.165, 1.54) is 12.3 Å². The van der Waals surface area contributed by atoms with Crippen LogP contribution in [-0.2, 0) is 24.4 Å². The normalized spacial score (nSPS) is 14.6. The summed E-state index contributed by atoms with van der Waals surface area (Å²) in [5, 5.41) is 12.7. The molecule has 3 N–H and O–H groups in total. The van der Waals surface area contributed by atoms with Crippen molar-refractivity contribution in [2.75, 3.05) is 0 Å².